The van der Waals surface area contributed by atoms with Crippen LogP contribution in [0.25, 0.3) is 0 Å². The lowest BCUT2D eigenvalue weighted by Gasteiger charge is -2.10. The molecular weight excluding hydrogens is 429 g/mol. The van der Waals surface area contributed by atoms with E-state index >= 15 is 0 Å². The zero-order valence-corrected chi connectivity index (χ0v) is 18.1. The average molecular weight is 450 g/mol. The Bertz CT molecular complexity index is 1190. The number of aromatic nitrogens is 2. The zero-order valence-electron chi connectivity index (χ0n) is 17.2. The summed E-state index contributed by atoms with van der Waals surface area (Å²) in [5.41, 5.74) is 2.22. The van der Waals surface area contributed by atoms with Crippen molar-refractivity contribution in [1.82, 2.24) is 15.5 Å². The first-order chi connectivity index (χ1) is 15.6. The molecular formula is C24H20FN3O3S. The Morgan fingerprint density at radius 1 is 1.09 bits per heavy atom. The standard InChI is InChI=1S/C24H20FN3O3S/c1-16-13-19(28-31-16)15-32-24-22(3-2-12-26-24)23(29)27-14-17-4-8-20(9-5-17)30-21-10-6-18(25)7-11-21/h2-13H,14-15H2,1H3,(H,27,29). The number of nitrogens with one attached hydrogen (secondary N) is 1. The van der Waals surface area contributed by atoms with Crippen molar-refractivity contribution in [2.24, 2.45) is 0 Å². The number of amides is 1. The van der Waals surface area contributed by atoms with E-state index in [-0.39, 0.29) is 11.7 Å². The summed E-state index contributed by atoms with van der Waals surface area (Å²) in [4.78, 5) is 17.1. The van der Waals surface area contributed by atoms with Crippen molar-refractivity contribution in [3.8, 4) is 11.5 Å². The molecule has 8 heteroatoms. The Labute approximate surface area is 188 Å². The van der Waals surface area contributed by atoms with Gasteiger partial charge in [0.15, 0.2) is 0 Å². The second-order valence-electron chi connectivity index (χ2n) is 6.96. The fraction of sp³-hybridized carbons (Fsp3) is 0.125. The smallest absolute Gasteiger partial charge is 0.254 e. The van der Waals surface area contributed by atoms with Crippen molar-refractivity contribution < 1.29 is 18.4 Å². The summed E-state index contributed by atoms with van der Waals surface area (Å²) in [6, 6.07) is 18.5. The molecule has 0 atom stereocenters. The maximum Gasteiger partial charge on any atom is 0.254 e. The van der Waals surface area contributed by atoms with Gasteiger partial charge in [-0.05, 0) is 61.0 Å². The Balaban J connectivity index is 1.34. The molecule has 2 aromatic heterocycles. The van der Waals surface area contributed by atoms with Crippen LogP contribution in [0.2, 0.25) is 0 Å². The van der Waals surface area contributed by atoms with Crippen LogP contribution < -0.4 is 10.1 Å². The fourth-order valence-corrected chi connectivity index (χ4v) is 3.77. The van der Waals surface area contributed by atoms with Crippen molar-refractivity contribution in [1.29, 1.82) is 0 Å². The molecule has 6 nitrogen and oxygen atoms in total. The first-order valence-electron chi connectivity index (χ1n) is 9.87. The zero-order chi connectivity index (χ0) is 22.3. The number of carbonyl (C=O) groups excluding carboxylic acids is 1. The lowest BCUT2D eigenvalue weighted by atomic mass is 10.2. The number of hydrogen-bond donors (Lipinski definition) is 1. The van der Waals surface area contributed by atoms with E-state index in [4.69, 9.17) is 9.26 Å². The minimum Gasteiger partial charge on any atom is -0.457 e. The molecule has 0 radical (unpaired) electrons. The van der Waals surface area contributed by atoms with E-state index in [0.717, 1.165) is 17.0 Å². The van der Waals surface area contributed by atoms with E-state index in [0.29, 0.717) is 34.4 Å². The molecule has 0 aliphatic carbocycles. The summed E-state index contributed by atoms with van der Waals surface area (Å²) in [6.07, 6.45) is 1.66. The number of carbonyl (C=O) groups is 1. The predicted molar refractivity (Wildman–Crippen MR) is 119 cm³/mol. The molecule has 0 unspecified atom stereocenters. The second-order valence-corrected chi connectivity index (χ2v) is 7.92. The minimum atomic E-state index is -0.313. The van der Waals surface area contributed by atoms with Crippen LogP contribution in [-0.4, -0.2) is 16.0 Å². The molecule has 1 N–H and O–H groups in total. The molecule has 0 saturated carbocycles. The largest absolute Gasteiger partial charge is 0.457 e. The summed E-state index contributed by atoms with van der Waals surface area (Å²) in [6.45, 7) is 2.19. The van der Waals surface area contributed by atoms with Crippen LogP contribution >= 0.6 is 11.8 Å². The molecule has 0 aliphatic heterocycles. The topological polar surface area (TPSA) is 77.2 Å². The number of ether oxygens (including phenoxy) is 1. The van der Waals surface area contributed by atoms with Gasteiger partial charge in [0.1, 0.15) is 28.1 Å². The maximum absolute atomic E-state index is 13.0. The SMILES string of the molecule is Cc1cc(CSc2ncccc2C(=O)NCc2ccc(Oc3ccc(F)cc3)cc2)no1. The Morgan fingerprint density at radius 3 is 2.50 bits per heavy atom. The molecule has 162 valence electrons. The molecule has 4 aromatic rings. The number of benzene rings is 2. The number of pyridine rings is 1. The third-order valence-corrected chi connectivity index (χ3v) is 5.51. The van der Waals surface area contributed by atoms with E-state index in [1.807, 2.05) is 25.1 Å². The molecule has 0 aliphatic rings. The van der Waals surface area contributed by atoms with Gasteiger partial charge in [-0.3, -0.25) is 4.79 Å². The third kappa shape index (κ3) is 5.73. The van der Waals surface area contributed by atoms with Gasteiger partial charge in [0.2, 0.25) is 0 Å². The molecule has 0 saturated heterocycles. The molecule has 0 fully saturated rings. The number of thioether (sulfide) groups is 1. The van der Waals surface area contributed by atoms with E-state index in [9.17, 15) is 9.18 Å². The molecule has 1 amide bonds. The van der Waals surface area contributed by atoms with Gasteiger partial charge in [-0.2, -0.15) is 0 Å². The summed E-state index contributed by atoms with van der Waals surface area (Å²) >= 11 is 1.43. The third-order valence-electron chi connectivity index (χ3n) is 4.48. The fourth-order valence-electron chi connectivity index (χ4n) is 2.90. The van der Waals surface area contributed by atoms with Crippen LogP contribution in [0.15, 0.2) is 82.5 Å². The molecule has 0 bridgehead atoms. The van der Waals surface area contributed by atoms with Gasteiger partial charge < -0.3 is 14.6 Å². The maximum atomic E-state index is 13.0. The lowest BCUT2D eigenvalue weighted by molar-refractivity contribution is 0.0947. The van der Waals surface area contributed by atoms with Crippen LogP contribution in [0, 0.1) is 12.7 Å². The van der Waals surface area contributed by atoms with Gasteiger partial charge >= 0.3 is 0 Å². The Kier molecular flexibility index (Phi) is 6.81. The number of rotatable bonds is 8. The summed E-state index contributed by atoms with van der Waals surface area (Å²) in [7, 11) is 0. The average Bonchev–Trinajstić information content (AvgIpc) is 3.24. The highest BCUT2D eigenvalue weighted by Crippen LogP contribution is 2.25. The van der Waals surface area contributed by atoms with Gasteiger partial charge in [0.25, 0.3) is 5.91 Å². The second kappa shape index (κ2) is 10.1. The summed E-state index contributed by atoms with van der Waals surface area (Å²) in [5, 5.41) is 7.53. The van der Waals surface area contributed by atoms with Crippen LogP contribution in [0.1, 0.15) is 27.4 Å². The normalized spacial score (nSPS) is 10.7. The summed E-state index contributed by atoms with van der Waals surface area (Å²) in [5.74, 6) is 1.96. The highest BCUT2D eigenvalue weighted by Gasteiger charge is 2.13. The van der Waals surface area contributed by atoms with Crippen molar-refractivity contribution in [3.63, 3.8) is 0 Å². The Morgan fingerprint density at radius 2 is 1.81 bits per heavy atom. The van der Waals surface area contributed by atoms with E-state index in [1.54, 1.807) is 42.6 Å². The van der Waals surface area contributed by atoms with Crippen LogP contribution in [0.5, 0.6) is 11.5 Å². The van der Waals surface area contributed by atoms with Crippen molar-refractivity contribution in [2.45, 2.75) is 24.2 Å². The van der Waals surface area contributed by atoms with Gasteiger partial charge in [0.05, 0.1) is 11.3 Å². The molecule has 32 heavy (non-hydrogen) atoms. The molecule has 4 rings (SSSR count). The van der Waals surface area contributed by atoms with Gasteiger partial charge in [0, 0.05) is 24.6 Å². The van der Waals surface area contributed by atoms with Crippen LogP contribution in [0.4, 0.5) is 4.39 Å². The monoisotopic (exact) mass is 449 g/mol. The van der Waals surface area contributed by atoms with Crippen molar-refractivity contribution in [2.75, 3.05) is 0 Å². The van der Waals surface area contributed by atoms with E-state index in [2.05, 4.69) is 15.5 Å². The van der Waals surface area contributed by atoms with E-state index < -0.39 is 0 Å². The number of aryl methyl sites for hydroxylation is 1. The highest BCUT2D eigenvalue weighted by molar-refractivity contribution is 7.98. The van der Waals surface area contributed by atoms with Crippen LogP contribution in [0.3, 0.4) is 0 Å². The molecule has 2 aromatic carbocycles. The first kappa shape index (κ1) is 21.6. The first-order valence-corrected chi connectivity index (χ1v) is 10.9. The predicted octanol–water partition coefficient (Wildman–Crippen LogP) is 5.53. The quantitative estimate of drug-likeness (QED) is 0.356. The number of hydrogen-bond acceptors (Lipinski definition) is 6. The number of nitrogens with zero attached hydrogens (tertiary/aromatic N) is 2. The van der Waals surface area contributed by atoms with Gasteiger partial charge in [-0.1, -0.05) is 29.1 Å². The van der Waals surface area contributed by atoms with Gasteiger partial charge in [-0.25, -0.2) is 9.37 Å². The highest BCUT2D eigenvalue weighted by atomic mass is 32.2. The number of halogens is 1. The molecule has 0 spiro atoms. The molecule has 2 heterocycles. The lowest BCUT2D eigenvalue weighted by Crippen LogP contribution is -2.23. The van der Waals surface area contributed by atoms with Crippen LogP contribution in [-0.2, 0) is 12.3 Å². The van der Waals surface area contributed by atoms with Crippen molar-refractivity contribution in [3.05, 3.63) is 101 Å². The van der Waals surface area contributed by atoms with E-state index in [1.165, 1.54) is 23.9 Å². The van der Waals surface area contributed by atoms with Gasteiger partial charge in [-0.15, -0.1) is 0 Å². The van der Waals surface area contributed by atoms with Crippen molar-refractivity contribution >= 4 is 17.7 Å². The minimum absolute atomic E-state index is 0.205. The Hall–Kier alpha value is -3.65. The summed E-state index contributed by atoms with van der Waals surface area (Å²) < 4.78 is 23.8.